The van der Waals surface area contributed by atoms with Gasteiger partial charge in [-0.2, -0.15) is 0 Å². The highest BCUT2D eigenvalue weighted by atomic mass is 31.2. The van der Waals surface area contributed by atoms with Crippen LogP contribution in [-0.4, -0.2) is 20.9 Å². The van der Waals surface area contributed by atoms with E-state index in [9.17, 15) is 0 Å². The van der Waals surface area contributed by atoms with Gasteiger partial charge in [-0.15, -0.1) is 7.14 Å². The van der Waals surface area contributed by atoms with Crippen LogP contribution in [0.2, 0.25) is 0 Å². The van der Waals surface area contributed by atoms with Gasteiger partial charge in [0.2, 0.25) is 0 Å². The molecular formula is C8H14BP. The summed E-state index contributed by atoms with van der Waals surface area (Å²) in [7, 11) is 0.00147. The topological polar surface area (TPSA) is 0 Å². The number of benzene rings is 1. The number of hydrogen-bond acceptors (Lipinski definition) is 0. The van der Waals surface area contributed by atoms with Crippen molar-refractivity contribution >= 4 is 20.0 Å². The monoisotopic (exact) mass is 152 g/mol. The first-order chi connectivity index (χ1) is 4.61. The minimum Gasteiger partial charge on any atom is -0.131 e. The Kier molecular flexibility index (Phi) is 2.16. The van der Waals surface area contributed by atoms with Gasteiger partial charge in [0.25, 0.3) is 0 Å². The molecule has 0 aliphatic heterocycles. The lowest BCUT2D eigenvalue weighted by Gasteiger charge is -2.17. The van der Waals surface area contributed by atoms with E-state index in [2.05, 4.69) is 43.7 Å². The molecule has 2 heteroatoms. The van der Waals surface area contributed by atoms with Crippen LogP contribution in [0.25, 0.3) is 0 Å². The summed E-state index contributed by atoms with van der Waals surface area (Å²) in [6, 6.07) is 11.0. The highest BCUT2D eigenvalue weighted by Gasteiger charge is 2.11. The summed E-state index contributed by atoms with van der Waals surface area (Å²) >= 11 is 0. The van der Waals surface area contributed by atoms with E-state index < -0.39 is 7.14 Å². The summed E-state index contributed by atoms with van der Waals surface area (Å²) in [4.78, 5) is 0. The van der Waals surface area contributed by atoms with Crippen molar-refractivity contribution in [2.45, 2.75) is 0 Å². The van der Waals surface area contributed by atoms with E-state index in [0.29, 0.717) is 7.57 Å². The first kappa shape index (κ1) is 7.82. The molecule has 0 bridgehead atoms. The molecule has 54 valence electrons. The molecule has 0 radical (unpaired) electrons. The highest BCUT2D eigenvalue weighted by Crippen LogP contribution is 2.43. The van der Waals surface area contributed by atoms with Gasteiger partial charge in [0.05, 0.1) is 0 Å². The quantitative estimate of drug-likeness (QED) is 0.413. The molecule has 0 aromatic heterocycles. The molecule has 1 aromatic rings. The van der Waals surface area contributed by atoms with Gasteiger partial charge in [0.1, 0.15) is 7.57 Å². The first-order valence-electron chi connectivity index (χ1n) is 3.03. The van der Waals surface area contributed by atoms with Gasteiger partial charge in [0, 0.05) is 18.6 Å². The van der Waals surface area contributed by atoms with E-state index in [-0.39, 0.29) is 0 Å². The molecule has 0 saturated carbocycles. The second-order valence-electron chi connectivity index (χ2n) is 2.23. The van der Waals surface area contributed by atoms with Gasteiger partial charge in [-0.05, 0) is 12.1 Å². The van der Waals surface area contributed by atoms with Crippen LogP contribution < -0.4 is 5.30 Å². The molecule has 0 spiro atoms. The maximum atomic E-state index is 2.45. The van der Waals surface area contributed by atoms with Gasteiger partial charge in [0.15, 0.2) is 0 Å². The van der Waals surface area contributed by atoms with Crippen molar-refractivity contribution in [3.8, 4) is 0 Å². The van der Waals surface area contributed by atoms with Crippen molar-refractivity contribution in [1.82, 2.24) is 0 Å². The highest BCUT2D eigenvalue weighted by molar-refractivity contribution is 8.02. The fourth-order valence-corrected chi connectivity index (χ4v) is 1.49. The summed E-state index contributed by atoms with van der Waals surface area (Å²) in [5.74, 6) is 0. The maximum absolute atomic E-state index is 2.45. The smallest absolute Gasteiger partial charge is 0.131 e. The maximum Gasteiger partial charge on any atom is 0.131 e. The zero-order valence-corrected chi connectivity index (χ0v) is 6.73. The molecule has 0 saturated heterocycles. The molecule has 0 aliphatic carbocycles. The Labute approximate surface area is 64.4 Å². The average Bonchev–Trinajstić information content (AvgIpc) is 1.88. The van der Waals surface area contributed by atoms with Gasteiger partial charge >= 0.3 is 0 Å². The molecular weight excluding hydrogens is 138 g/mol. The summed E-state index contributed by atoms with van der Waals surface area (Å²) in [6.45, 7) is 4.89. The third-order valence-corrected chi connectivity index (χ3v) is 2.60. The number of rotatable bonds is 1. The molecule has 1 rings (SSSR count). The van der Waals surface area contributed by atoms with Crippen LogP contribution in [0, 0.1) is 0 Å². The van der Waals surface area contributed by atoms with Crippen LogP contribution in [0.3, 0.4) is 0 Å². The Morgan fingerprint density at radius 3 is 1.90 bits per heavy atom. The molecule has 1 aromatic carbocycles. The Balaban J connectivity index is 2.97. The largest absolute Gasteiger partial charge is 0.131 e. The fourth-order valence-electron chi connectivity index (χ4n) is 0.726. The van der Waals surface area contributed by atoms with Gasteiger partial charge in [-0.3, -0.25) is 0 Å². The van der Waals surface area contributed by atoms with Crippen molar-refractivity contribution < 1.29 is 0 Å². The zero-order valence-electron chi connectivity index (χ0n) is 5.83. The minimum absolute atomic E-state index is 0.518. The lowest BCUT2D eigenvalue weighted by atomic mass is 10.4. The zero-order chi connectivity index (χ0) is 7.61. The molecule has 0 fully saturated rings. The summed E-state index contributed by atoms with van der Waals surface area (Å²) in [5, 5.41) is 1.62. The van der Waals surface area contributed by atoms with Crippen molar-refractivity contribution in [1.29, 1.82) is 0 Å². The summed E-state index contributed by atoms with van der Waals surface area (Å²) in [5.41, 5.74) is 0. The van der Waals surface area contributed by atoms with Crippen molar-refractivity contribution in [2.75, 3.05) is 13.3 Å². The van der Waals surface area contributed by atoms with E-state index in [1.807, 2.05) is 0 Å². The van der Waals surface area contributed by atoms with Crippen LogP contribution in [-0.2, 0) is 0 Å². The number of hydrogen-bond donors (Lipinski definition) is 0. The fraction of sp³-hybridized carbons (Fsp3) is 0.250. The Hall–Kier alpha value is -0.285. The van der Waals surface area contributed by atoms with E-state index >= 15 is 0 Å². The van der Waals surface area contributed by atoms with Crippen LogP contribution >= 0.6 is 7.14 Å². The van der Waals surface area contributed by atoms with Gasteiger partial charge < -0.3 is 0 Å². The van der Waals surface area contributed by atoms with Crippen LogP contribution in [0.5, 0.6) is 0 Å². The van der Waals surface area contributed by atoms with E-state index in [4.69, 9.17) is 0 Å². The summed E-state index contributed by atoms with van der Waals surface area (Å²) in [6.07, 6.45) is 0. The molecule has 10 heavy (non-hydrogen) atoms. The van der Waals surface area contributed by atoms with Crippen molar-refractivity contribution in [3.63, 3.8) is 0 Å². The average molecular weight is 152 g/mol. The standard InChI is InChI=1S/C8H14BP/c1-10(2,9)8-6-4-3-5-7-8/h3-7H,1-2,9H3. The Morgan fingerprint density at radius 1 is 1.10 bits per heavy atom. The second-order valence-corrected chi connectivity index (χ2v) is 4.54. The third-order valence-electron chi connectivity index (χ3n) is 1.27. The first-order valence-corrected chi connectivity index (χ1v) is 5.26. The van der Waals surface area contributed by atoms with Gasteiger partial charge in [-0.25, -0.2) is 0 Å². The normalized spacial score (nSPS) is 11.5. The Morgan fingerprint density at radius 2 is 1.60 bits per heavy atom. The predicted molar refractivity (Wildman–Crippen MR) is 54.8 cm³/mol. The molecule has 0 aliphatic rings. The lowest BCUT2D eigenvalue weighted by Crippen LogP contribution is -2.07. The molecule has 0 heterocycles. The molecule has 0 amide bonds. The van der Waals surface area contributed by atoms with Crippen LogP contribution in [0.1, 0.15) is 0 Å². The minimum atomic E-state index is -0.518. The van der Waals surface area contributed by atoms with Crippen molar-refractivity contribution in [2.24, 2.45) is 0 Å². The van der Waals surface area contributed by atoms with Crippen LogP contribution in [0.4, 0.5) is 0 Å². The lowest BCUT2D eigenvalue weighted by molar-refractivity contribution is 1.77. The van der Waals surface area contributed by atoms with E-state index in [1.54, 1.807) is 5.30 Å². The Bertz CT molecular complexity index is 200. The molecule has 0 nitrogen and oxygen atoms in total. The van der Waals surface area contributed by atoms with E-state index in [0.717, 1.165) is 0 Å². The summed E-state index contributed by atoms with van der Waals surface area (Å²) < 4.78 is 0. The SMILES string of the molecule is [BH3-][P+](C)(C)c1ccccc1. The third kappa shape index (κ3) is 1.85. The van der Waals surface area contributed by atoms with Crippen LogP contribution in [0.15, 0.2) is 30.3 Å². The van der Waals surface area contributed by atoms with E-state index in [1.165, 1.54) is 0 Å². The van der Waals surface area contributed by atoms with Gasteiger partial charge in [-0.1, -0.05) is 18.2 Å². The molecule has 0 N–H and O–H groups in total. The second kappa shape index (κ2) is 2.76. The molecule has 0 unspecified atom stereocenters. The predicted octanol–water partition coefficient (Wildman–Crippen LogP) is 0.869. The molecule has 0 atom stereocenters. The van der Waals surface area contributed by atoms with Crippen molar-refractivity contribution in [3.05, 3.63) is 30.3 Å².